The van der Waals surface area contributed by atoms with Crippen molar-refractivity contribution in [2.75, 3.05) is 26.3 Å². The highest BCUT2D eigenvalue weighted by Gasteiger charge is 2.50. The first kappa shape index (κ1) is 23.3. The molecule has 2 atom stereocenters. The van der Waals surface area contributed by atoms with Gasteiger partial charge in [0.1, 0.15) is 12.1 Å². The summed E-state index contributed by atoms with van der Waals surface area (Å²) >= 11 is 0. The van der Waals surface area contributed by atoms with E-state index >= 15 is 0 Å². The molecule has 6 rings (SSSR count). The van der Waals surface area contributed by atoms with Gasteiger partial charge in [0.05, 0.1) is 19.3 Å². The molecule has 3 heterocycles. The number of hydrogen-bond acceptors (Lipinski definition) is 5. The van der Waals surface area contributed by atoms with Gasteiger partial charge in [0, 0.05) is 13.0 Å². The van der Waals surface area contributed by atoms with Crippen molar-refractivity contribution in [1.29, 1.82) is 0 Å². The Morgan fingerprint density at radius 1 is 0.973 bits per heavy atom. The van der Waals surface area contributed by atoms with E-state index in [4.69, 9.17) is 9.47 Å². The monoisotopic (exact) mass is 499 g/mol. The minimum absolute atomic E-state index is 0.141. The average Bonchev–Trinajstić information content (AvgIpc) is 3.39. The van der Waals surface area contributed by atoms with Crippen LogP contribution >= 0.6 is 0 Å². The van der Waals surface area contributed by atoms with Crippen LogP contribution in [0.2, 0.25) is 0 Å². The molecule has 0 saturated carbocycles. The topological polar surface area (TPSA) is 88.2 Å². The third kappa shape index (κ3) is 4.06. The number of hydrogen-bond donors (Lipinski definition) is 1. The van der Waals surface area contributed by atoms with Gasteiger partial charge in [-0.15, -0.1) is 0 Å². The number of amides is 4. The molecule has 0 aliphatic carbocycles. The molecule has 4 amide bonds. The second-order valence-corrected chi connectivity index (χ2v) is 10.0. The Morgan fingerprint density at radius 3 is 2.59 bits per heavy atom. The van der Waals surface area contributed by atoms with Gasteiger partial charge in [-0.2, -0.15) is 0 Å². The number of nitrogens with zero attached hydrogens (tertiary/aromatic N) is 2. The Bertz CT molecular complexity index is 1410. The van der Waals surface area contributed by atoms with Gasteiger partial charge >= 0.3 is 6.03 Å². The van der Waals surface area contributed by atoms with E-state index in [0.29, 0.717) is 36.8 Å². The van der Waals surface area contributed by atoms with Gasteiger partial charge in [-0.05, 0) is 59.9 Å². The Balaban J connectivity index is 1.21. The van der Waals surface area contributed by atoms with Gasteiger partial charge in [0.25, 0.3) is 5.91 Å². The molecule has 0 unspecified atom stereocenters. The molecule has 3 aromatic rings. The summed E-state index contributed by atoms with van der Waals surface area (Å²) in [5.41, 5.74) is 0.416. The molecule has 2 fully saturated rings. The first-order valence-electron chi connectivity index (χ1n) is 12.8. The van der Waals surface area contributed by atoms with Crippen LogP contribution in [0.1, 0.15) is 43.4 Å². The zero-order valence-corrected chi connectivity index (χ0v) is 20.7. The van der Waals surface area contributed by atoms with Crippen molar-refractivity contribution >= 4 is 28.6 Å². The molecule has 8 heteroatoms. The quantitative estimate of drug-likeness (QED) is 0.546. The van der Waals surface area contributed by atoms with Crippen LogP contribution in [0.4, 0.5) is 4.79 Å². The molecule has 3 aromatic carbocycles. The van der Waals surface area contributed by atoms with Gasteiger partial charge in [-0.3, -0.25) is 14.5 Å². The summed E-state index contributed by atoms with van der Waals surface area (Å²) in [5, 5.41) is 4.86. The largest absolute Gasteiger partial charge is 0.490 e. The van der Waals surface area contributed by atoms with Crippen LogP contribution in [0, 0.1) is 0 Å². The number of rotatable bonds is 4. The van der Waals surface area contributed by atoms with Gasteiger partial charge < -0.3 is 19.7 Å². The number of carbonyl (C=O) groups excluding carboxylic acids is 3. The van der Waals surface area contributed by atoms with Crippen molar-refractivity contribution in [1.82, 2.24) is 15.1 Å². The Kier molecular flexibility index (Phi) is 5.74. The number of urea groups is 1. The molecule has 2 saturated heterocycles. The van der Waals surface area contributed by atoms with Crippen molar-refractivity contribution < 1.29 is 23.9 Å². The molecule has 0 bridgehead atoms. The van der Waals surface area contributed by atoms with Gasteiger partial charge in [0.2, 0.25) is 5.91 Å². The Hall–Kier alpha value is -4.07. The first-order valence-corrected chi connectivity index (χ1v) is 12.8. The van der Waals surface area contributed by atoms with E-state index in [1.165, 1.54) is 0 Å². The number of carbonyl (C=O) groups is 3. The summed E-state index contributed by atoms with van der Waals surface area (Å²) in [6.07, 6.45) is 2.47. The van der Waals surface area contributed by atoms with Crippen LogP contribution in [0.5, 0.6) is 11.5 Å². The molecule has 37 heavy (non-hydrogen) atoms. The summed E-state index contributed by atoms with van der Waals surface area (Å²) in [7, 11) is 0. The molecule has 190 valence electrons. The first-order chi connectivity index (χ1) is 17.9. The molecule has 1 N–H and O–H groups in total. The van der Waals surface area contributed by atoms with Crippen LogP contribution < -0.4 is 14.8 Å². The lowest BCUT2D eigenvalue weighted by molar-refractivity contribution is -0.139. The fraction of sp³-hybridized carbons (Fsp3) is 0.345. The highest BCUT2D eigenvalue weighted by Crippen LogP contribution is 2.38. The van der Waals surface area contributed by atoms with E-state index in [2.05, 4.69) is 5.32 Å². The molecule has 3 aliphatic rings. The second-order valence-electron chi connectivity index (χ2n) is 10.0. The third-order valence-corrected chi connectivity index (χ3v) is 7.62. The molecule has 3 aliphatic heterocycles. The number of likely N-dealkylation sites (tertiary alicyclic amines) is 1. The molecule has 0 spiro atoms. The smallest absolute Gasteiger partial charge is 0.325 e. The summed E-state index contributed by atoms with van der Waals surface area (Å²) in [6, 6.07) is 18.7. The van der Waals surface area contributed by atoms with E-state index in [0.717, 1.165) is 40.5 Å². The standard InChI is InChI=1S/C29H29N3O5/c1-29(22-11-9-19-6-2-3-7-20(19)16-22)27(34)32(28(35)30-29)18-26(33)31-13-4-8-23(31)21-10-12-24-25(17-21)37-15-5-14-36-24/h2-3,6-7,9-12,16-17,23H,4-5,8,13-15,18H2,1H3,(H,30,35)/t23-,29+/m1/s1. The van der Waals surface area contributed by atoms with Crippen LogP contribution in [-0.4, -0.2) is 53.9 Å². The van der Waals surface area contributed by atoms with E-state index in [-0.39, 0.29) is 18.5 Å². The lowest BCUT2D eigenvalue weighted by Gasteiger charge is -2.27. The summed E-state index contributed by atoms with van der Waals surface area (Å²) < 4.78 is 11.6. The third-order valence-electron chi connectivity index (χ3n) is 7.62. The Labute approximate surface area is 215 Å². The second kappa shape index (κ2) is 9.10. The molecule has 0 radical (unpaired) electrons. The minimum Gasteiger partial charge on any atom is -0.490 e. The SMILES string of the molecule is C[C@@]1(c2ccc3ccccc3c2)NC(=O)N(CC(=O)N2CCC[C@@H]2c2ccc3c(c2)OCCCO3)C1=O. The van der Waals surface area contributed by atoms with Crippen molar-refractivity contribution in [3.63, 3.8) is 0 Å². The zero-order valence-electron chi connectivity index (χ0n) is 20.7. The van der Waals surface area contributed by atoms with Gasteiger partial charge in [0.15, 0.2) is 11.5 Å². The predicted molar refractivity (Wildman–Crippen MR) is 137 cm³/mol. The van der Waals surface area contributed by atoms with Gasteiger partial charge in [-0.25, -0.2) is 4.79 Å². The number of ether oxygens (including phenoxy) is 2. The highest BCUT2D eigenvalue weighted by atomic mass is 16.5. The number of nitrogens with one attached hydrogen (secondary N) is 1. The van der Waals surface area contributed by atoms with Crippen LogP contribution in [0.25, 0.3) is 10.8 Å². The number of imide groups is 1. The van der Waals surface area contributed by atoms with Crippen molar-refractivity contribution in [3.8, 4) is 11.5 Å². The number of fused-ring (bicyclic) bond motifs is 2. The van der Waals surface area contributed by atoms with E-state index in [9.17, 15) is 14.4 Å². The van der Waals surface area contributed by atoms with Crippen LogP contribution in [0.3, 0.4) is 0 Å². The summed E-state index contributed by atoms with van der Waals surface area (Å²) in [4.78, 5) is 42.7. The fourth-order valence-corrected chi connectivity index (χ4v) is 5.56. The molecule has 8 nitrogen and oxygen atoms in total. The fourth-order valence-electron chi connectivity index (χ4n) is 5.56. The lowest BCUT2D eigenvalue weighted by Crippen LogP contribution is -2.44. The lowest BCUT2D eigenvalue weighted by atomic mass is 9.90. The maximum Gasteiger partial charge on any atom is 0.325 e. The maximum absolute atomic E-state index is 13.5. The van der Waals surface area contributed by atoms with Gasteiger partial charge in [-0.1, -0.05) is 42.5 Å². The normalized spacial score (nSPS) is 23.3. The maximum atomic E-state index is 13.5. The Morgan fingerprint density at radius 2 is 1.76 bits per heavy atom. The zero-order chi connectivity index (χ0) is 25.6. The van der Waals surface area contributed by atoms with E-state index in [1.807, 2.05) is 60.7 Å². The van der Waals surface area contributed by atoms with Crippen molar-refractivity contribution in [3.05, 3.63) is 71.8 Å². The average molecular weight is 500 g/mol. The summed E-state index contributed by atoms with van der Waals surface area (Å²) in [6.45, 7) is 3.17. The molecular formula is C29H29N3O5. The minimum atomic E-state index is -1.24. The van der Waals surface area contributed by atoms with E-state index < -0.39 is 17.5 Å². The van der Waals surface area contributed by atoms with Crippen molar-refractivity contribution in [2.45, 2.75) is 37.8 Å². The molecule has 0 aromatic heterocycles. The number of benzene rings is 3. The highest BCUT2D eigenvalue weighted by molar-refractivity contribution is 6.09. The summed E-state index contributed by atoms with van der Waals surface area (Å²) in [5.74, 6) is 0.729. The molecular weight excluding hydrogens is 470 g/mol. The van der Waals surface area contributed by atoms with Crippen LogP contribution in [-0.2, 0) is 15.1 Å². The van der Waals surface area contributed by atoms with E-state index in [1.54, 1.807) is 11.8 Å². The van der Waals surface area contributed by atoms with Crippen molar-refractivity contribution in [2.24, 2.45) is 0 Å². The predicted octanol–water partition coefficient (Wildman–Crippen LogP) is 4.13. The van der Waals surface area contributed by atoms with Crippen LogP contribution in [0.15, 0.2) is 60.7 Å².